The minimum Gasteiger partial charge on any atom is -0.391 e. The summed E-state index contributed by atoms with van der Waals surface area (Å²) in [7, 11) is 0. The molecule has 0 radical (unpaired) electrons. The summed E-state index contributed by atoms with van der Waals surface area (Å²) in [4.78, 5) is 4.90. The lowest BCUT2D eigenvalue weighted by atomic mass is 9.74. The van der Waals surface area contributed by atoms with E-state index in [-0.39, 0.29) is 23.4 Å². The zero-order chi connectivity index (χ0) is 19.8. The van der Waals surface area contributed by atoms with Crippen LogP contribution < -0.4 is 0 Å². The van der Waals surface area contributed by atoms with Gasteiger partial charge in [-0.2, -0.15) is 0 Å². The molecule has 0 amide bonds. The van der Waals surface area contributed by atoms with Gasteiger partial charge >= 0.3 is 0 Å². The van der Waals surface area contributed by atoms with Gasteiger partial charge in [-0.3, -0.25) is 9.80 Å². The van der Waals surface area contributed by atoms with Crippen LogP contribution in [0.15, 0.2) is 54.6 Å². The number of aliphatic hydroxyl groups excluding tert-OH is 1. The molecule has 29 heavy (non-hydrogen) atoms. The monoisotopic (exact) mass is 392 g/mol. The molecular formula is C25H29FN2O. The fourth-order valence-electron chi connectivity index (χ4n) is 5.46. The summed E-state index contributed by atoms with van der Waals surface area (Å²) in [5.74, 6) is -0.189. The molecule has 3 aliphatic rings. The van der Waals surface area contributed by atoms with E-state index in [1.807, 2.05) is 12.1 Å². The molecule has 3 nitrogen and oxygen atoms in total. The first-order chi connectivity index (χ1) is 14.1. The Morgan fingerprint density at radius 1 is 1.00 bits per heavy atom. The van der Waals surface area contributed by atoms with Crippen LogP contribution in [0.2, 0.25) is 0 Å². The molecule has 2 saturated heterocycles. The van der Waals surface area contributed by atoms with Gasteiger partial charge in [0.2, 0.25) is 0 Å². The zero-order valence-electron chi connectivity index (χ0n) is 16.8. The Balaban J connectivity index is 1.24. The number of nitrogens with zero attached hydrogens (tertiary/aromatic N) is 2. The van der Waals surface area contributed by atoms with Gasteiger partial charge in [0.25, 0.3) is 0 Å². The van der Waals surface area contributed by atoms with Crippen LogP contribution in [0.3, 0.4) is 0 Å². The smallest absolute Gasteiger partial charge is 0.123 e. The van der Waals surface area contributed by atoms with Crippen LogP contribution >= 0.6 is 0 Å². The average Bonchev–Trinajstić information content (AvgIpc) is 3.10. The van der Waals surface area contributed by atoms with Gasteiger partial charge in [-0.15, -0.1) is 0 Å². The Morgan fingerprint density at radius 2 is 1.76 bits per heavy atom. The van der Waals surface area contributed by atoms with Gasteiger partial charge in [0, 0.05) is 31.1 Å². The number of benzene rings is 2. The van der Waals surface area contributed by atoms with Crippen LogP contribution in [0.25, 0.3) is 6.08 Å². The van der Waals surface area contributed by atoms with E-state index in [9.17, 15) is 9.50 Å². The van der Waals surface area contributed by atoms with Crippen molar-refractivity contribution >= 4 is 6.08 Å². The minimum atomic E-state index is -0.264. The van der Waals surface area contributed by atoms with Crippen molar-refractivity contribution in [2.24, 2.45) is 0 Å². The molecule has 0 saturated carbocycles. The van der Waals surface area contributed by atoms with E-state index < -0.39 is 0 Å². The van der Waals surface area contributed by atoms with Crippen LogP contribution in [0.4, 0.5) is 4.39 Å². The van der Waals surface area contributed by atoms with Gasteiger partial charge < -0.3 is 5.11 Å². The third-order valence-corrected chi connectivity index (χ3v) is 7.19. The Hall–Kier alpha value is -2.01. The Morgan fingerprint density at radius 3 is 2.55 bits per heavy atom. The fraction of sp³-hybridized carbons (Fsp3) is 0.440. The van der Waals surface area contributed by atoms with E-state index in [1.165, 1.54) is 23.3 Å². The Labute approximate surface area is 172 Å². The van der Waals surface area contributed by atoms with E-state index in [0.29, 0.717) is 0 Å². The van der Waals surface area contributed by atoms with Gasteiger partial charge in [-0.05, 0) is 61.2 Å². The molecule has 1 aliphatic carbocycles. The number of hydrogen-bond acceptors (Lipinski definition) is 3. The van der Waals surface area contributed by atoms with Gasteiger partial charge in [-0.1, -0.05) is 48.6 Å². The molecule has 2 fully saturated rings. The van der Waals surface area contributed by atoms with Crippen LogP contribution in [0, 0.1) is 5.82 Å². The molecule has 0 bridgehead atoms. The molecule has 2 aromatic carbocycles. The molecule has 2 aliphatic heterocycles. The van der Waals surface area contributed by atoms with Crippen LogP contribution in [-0.4, -0.2) is 53.2 Å². The molecule has 2 aromatic rings. The van der Waals surface area contributed by atoms with Crippen LogP contribution in [0.5, 0.6) is 0 Å². The SMILES string of the molecule is O[C@@H]1CCN(Cc2ccc(F)cc2)CC1N1CCC2(C=Cc3ccccc32)CC1. The van der Waals surface area contributed by atoms with Crippen molar-refractivity contribution < 1.29 is 9.50 Å². The highest BCUT2D eigenvalue weighted by Gasteiger charge is 2.41. The lowest BCUT2D eigenvalue weighted by molar-refractivity contribution is -0.0256. The maximum absolute atomic E-state index is 13.2. The Bertz CT molecular complexity index is 886. The van der Waals surface area contributed by atoms with Gasteiger partial charge in [-0.25, -0.2) is 4.39 Å². The van der Waals surface area contributed by atoms with E-state index in [4.69, 9.17) is 0 Å². The van der Waals surface area contributed by atoms with Crippen molar-refractivity contribution in [2.45, 2.75) is 43.4 Å². The summed E-state index contributed by atoms with van der Waals surface area (Å²) < 4.78 is 13.2. The Kier molecular flexibility index (Phi) is 5.02. The first-order valence-corrected chi connectivity index (χ1v) is 10.8. The van der Waals surface area contributed by atoms with Gasteiger partial charge in [0.05, 0.1) is 6.10 Å². The van der Waals surface area contributed by atoms with E-state index in [2.05, 4.69) is 46.2 Å². The summed E-state index contributed by atoms with van der Waals surface area (Å²) in [5.41, 5.74) is 4.15. The highest BCUT2D eigenvalue weighted by Crippen LogP contribution is 2.44. The lowest BCUT2D eigenvalue weighted by Gasteiger charge is -2.47. The van der Waals surface area contributed by atoms with E-state index >= 15 is 0 Å². The van der Waals surface area contributed by atoms with Crippen molar-refractivity contribution in [1.29, 1.82) is 0 Å². The molecule has 2 heterocycles. The number of halogens is 1. The highest BCUT2D eigenvalue weighted by molar-refractivity contribution is 5.65. The summed E-state index contributed by atoms with van der Waals surface area (Å²) in [6.07, 6.45) is 7.46. The quantitative estimate of drug-likeness (QED) is 0.860. The summed E-state index contributed by atoms with van der Waals surface area (Å²) in [5, 5.41) is 10.7. The normalized spacial score (nSPS) is 26.7. The number of allylic oxidation sites excluding steroid dienone is 1. The molecule has 0 aromatic heterocycles. The van der Waals surface area contributed by atoms with Crippen LogP contribution in [0.1, 0.15) is 36.0 Å². The summed E-state index contributed by atoms with van der Waals surface area (Å²) >= 11 is 0. The molecule has 1 unspecified atom stereocenters. The first kappa shape index (κ1) is 19.0. The van der Waals surface area contributed by atoms with Crippen molar-refractivity contribution in [3.05, 3.63) is 77.1 Å². The van der Waals surface area contributed by atoms with Crippen LogP contribution in [-0.2, 0) is 12.0 Å². The average molecular weight is 393 g/mol. The molecule has 1 N–H and O–H groups in total. The minimum absolute atomic E-state index is 0.181. The second-order valence-electron chi connectivity index (χ2n) is 8.90. The van der Waals surface area contributed by atoms with E-state index in [0.717, 1.165) is 57.5 Å². The number of rotatable bonds is 3. The first-order valence-electron chi connectivity index (χ1n) is 10.8. The van der Waals surface area contributed by atoms with Gasteiger partial charge in [0.15, 0.2) is 0 Å². The number of aliphatic hydroxyl groups is 1. The molecule has 2 atom stereocenters. The standard InChI is InChI=1S/C25H29FN2O/c26-21-7-5-19(6-8-21)17-27-14-10-24(29)23(18-27)28-15-12-25(13-16-28)11-9-20-3-1-2-4-22(20)25/h1-9,11,23-24,29H,10,12-18H2/t23?,24-/m1/s1. The van der Waals surface area contributed by atoms with Crippen molar-refractivity contribution in [2.75, 3.05) is 26.2 Å². The van der Waals surface area contributed by atoms with Crippen molar-refractivity contribution in [1.82, 2.24) is 9.80 Å². The third-order valence-electron chi connectivity index (χ3n) is 7.19. The van der Waals surface area contributed by atoms with E-state index in [1.54, 1.807) is 0 Å². The number of piperidine rings is 2. The second kappa shape index (κ2) is 7.67. The molecule has 152 valence electrons. The molecule has 1 spiro atoms. The number of hydrogen-bond donors (Lipinski definition) is 1. The molecule has 4 heteroatoms. The fourth-order valence-corrected chi connectivity index (χ4v) is 5.46. The predicted octanol–water partition coefficient (Wildman–Crippen LogP) is 3.82. The topological polar surface area (TPSA) is 26.7 Å². The number of likely N-dealkylation sites (tertiary alicyclic amines) is 2. The molecule has 5 rings (SSSR count). The van der Waals surface area contributed by atoms with Gasteiger partial charge in [0.1, 0.15) is 5.82 Å². The second-order valence-corrected chi connectivity index (χ2v) is 8.90. The molecular weight excluding hydrogens is 363 g/mol. The maximum Gasteiger partial charge on any atom is 0.123 e. The lowest BCUT2D eigenvalue weighted by Crippen LogP contribution is -2.57. The summed E-state index contributed by atoms with van der Waals surface area (Å²) in [6, 6.07) is 15.7. The highest BCUT2D eigenvalue weighted by atomic mass is 19.1. The number of fused-ring (bicyclic) bond motifs is 2. The maximum atomic E-state index is 13.2. The summed E-state index contributed by atoms with van der Waals surface area (Å²) in [6.45, 7) is 4.62. The van der Waals surface area contributed by atoms with Crippen molar-refractivity contribution in [3.8, 4) is 0 Å². The zero-order valence-corrected chi connectivity index (χ0v) is 16.8. The largest absolute Gasteiger partial charge is 0.391 e. The van der Waals surface area contributed by atoms with Crippen molar-refractivity contribution in [3.63, 3.8) is 0 Å². The predicted molar refractivity (Wildman–Crippen MR) is 114 cm³/mol. The third kappa shape index (κ3) is 3.65.